The van der Waals surface area contributed by atoms with E-state index in [-0.39, 0.29) is 5.75 Å². The summed E-state index contributed by atoms with van der Waals surface area (Å²) >= 11 is 7.56. The van der Waals surface area contributed by atoms with Crippen LogP contribution in [0, 0.1) is 0 Å². The van der Waals surface area contributed by atoms with E-state index >= 15 is 0 Å². The minimum absolute atomic E-state index is 0.278. The number of hydrogen-bond acceptors (Lipinski definition) is 3. The topological polar surface area (TPSA) is 33.4 Å². The Labute approximate surface area is 171 Å². The van der Waals surface area contributed by atoms with E-state index in [1.165, 1.54) is 11.8 Å². The third kappa shape index (κ3) is 2.93. The van der Waals surface area contributed by atoms with E-state index in [4.69, 9.17) is 16.0 Å². The zero-order chi connectivity index (χ0) is 19.1. The van der Waals surface area contributed by atoms with Crippen molar-refractivity contribution < 1.29 is 9.52 Å². The van der Waals surface area contributed by atoms with Crippen LogP contribution in [0.1, 0.15) is 0 Å². The first-order valence-electron chi connectivity index (χ1n) is 8.87. The number of phenolic OH excluding ortho intramolecular Hbond substituents is 1. The molecule has 0 aliphatic rings. The van der Waals surface area contributed by atoms with Crippen LogP contribution in [0.15, 0.2) is 99.1 Å². The second-order valence-corrected chi connectivity index (χ2v) is 8.02. The van der Waals surface area contributed by atoms with Crippen molar-refractivity contribution in [1.82, 2.24) is 0 Å². The Bertz CT molecular complexity index is 1290. The second kappa shape index (κ2) is 6.93. The summed E-state index contributed by atoms with van der Waals surface area (Å²) in [6.45, 7) is 0. The Balaban J connectivity index is 1.78. The first kappa shape index (κ1) is 17.2. The number of aromatic hydroxyl groups is 1. The van der Waals surface area contributed by atoms with Crippen LogP contribution < -0.4 is 0 Å². The van der Waals surface area contributed by atoms with Gasteiger partial charge in [0, 0.05) is 31.6 Å². The molecule has 1 aromatic heterocycles. The van der Waals surface area contributed by atoms with Crippen molar-refractivity contribution in [3.63, 3.8) is 0 Å². The summed E-state index contributed by atoms with van der Waals surface area (Å²) in [7, 11) is 0. The van der Waals surface area contributed by atoms with Gasteiger partial charge in [-0.25, -0.2) is 0 Å². The lowest BCUT2D eigenvalue weighted by atomic mass is 10.1. The van der Waals surface area contributed by atoms with Gasteiger partial charge in [0.25, 0.3) is 0 Å². The van der Waals surface area contributed by atoms with Crippen LogP contribution in [0.5, 0.6) is 5.75 Å². The van der Waals surface area contributed by atoms with Crippen LogP contribution in [-0.4, -0.2) is 5.11 Å². The third-order valence-electron chi connectivity index (χ3n) is 4.71. The molecule has 1 heterocycles. The fraction of sp³-hybridized carbons (Fsp3) is 0. The molecule has 0 radical (unpaired) electrons. The van der Waals surface area contributed by atoms with Crippen molar-refractivity contribution >= 4 is 45.1 Å². The minimum Gasteiger partial charge on any atom is -0.506 e. The maximum Gasteiger partial charge on any atom is 0.144 e. The van der Waals surface area contributed by atoms with E-state index in [1.807, 2.05) is 84.9 Å². The summed E-state index contributed by atoms with van der Waals surface area (Å²) in [5.74, 6) is 1.03. The average Bonchev–Trinajstić information content (AvgIpc) is 3.18. The Morgan fingerprint density at radius 2 is 1.43 bits per heavy atom. The summed E-state index contributed by atoms with van der Waals surface area (Å²) in [6.07, 6.45) is 0. The molecule has 0 fully saturated rings. The summed E-state index contributed by atoms with van der Waals surface area (Å²) in [5.41, 5.74) is 1.72. The van der Waals surface area contributed by atoms with Gasteiger partial charge in [0.15, 0.2) is 0 Å². The van der Waals surface area contributed by atoms with Crippen LogP contribution in [0.25, 0.3) is 33.1 Å². The molecule has 0 amide bonds. The van der Waals surface area contributed by atoms with Gasteiger partial charge in [0.1, 0.15) is 17.1 Å². The standard InChI is InChI=1S/C24H15ClO2S/c25-16-12-10-15(11-13-16)21-14-20-23(27-21)19-9-5-4-8-18(19)22(26)24(20)28-17-6-2-1-3-7-17/h1-14,26H. The van der Waals surface area contributed by atoms with Crippen molar-refractivity contribution in [2.75, 3.05) is 0 Å². The molecule has 5 aromatic rings. The third-order valence-corrected chi connectivity index (χ3v) is 6.09. The lowest BCUT2D eigenvalue weighted by Crippen LogP contribution is -1.81. The predicted octanol–water partition coefficient (Wildman–Crippen LogP) is 7.76. The number of hydrogen-bond donors (Lipinski definition) is 1. The van der Waals surface area contributed by atoms with Crippen molar-refractivity contribution in [2.24, 2.45) is 0 Å². The SMILES string of the molecule is Oc1c(Sc2ccccc2)c2cc(-c3ccc(Cl)cc3)oc2c2ccccc12. The molecule has 0 atom stereocenters. The number of rotatable bonds is 3. The van der Waals surface area contributed by atoms with Crippen molar-refractivity contribution in [1.29, 1.82) is 0 Å². The summed E-state index contributed by atoms with van der Waals surface area (Å²) in [6, 6.07) is 27.4. The normalized spacial score (nSPS) is 11.3. The molecule has 2 nitrogen and oxygen atoms in total. The average molecular weight is 403 g/mol. The number of fused-ring (bicyclic) bond motifs is 3. The Morgan fingerprint density at radius 1 is 0.750 bits per heavy atom. The van der Waals surface area contributed by atoms with E-state index in [1.54, 1.807) is 0 Å². The largest absolute Gasteiger partial charge is 0.506 e. The fourth-order valence-corrected chi connectivity index (χ4v) is 4.49. The molecule has 4 heteroatoms. The zero-order valence-corrected chi connectivity index (χ0v) is 16.3. The summed E-state index contributed by atoms with van der Waals surface area (Å²) in [4.78, 5) is 1.85. The lowest BCUT2D eigenvalue weighted by Gasteiger charge is -2.09. The van der Waals surface area contributed by atoms with Gasteiger partial charge in [-0.2, -0.15) is 0 Å². The number of benzene rings is 4. The number of phenols is 1. The van der Waals surface area contributed by atoms with Crippen LogP contribution in [0.4, 0.5) is 0 Å². The van der Waals surface area contributed by atoms with Gasteiger partial charge in [-0.15, -0.1) is 0 Å². The first-order chi connectivity index (χ1) is 13.7. The highest BCUT2D eigenvalue weighted by atomic mass is 35.5. The van der Waals surface area contributed by atoms with Gasteiger partial charge in [-0.05, 0) is 42.5 Å². The zero-order valence-electron chi connectivity index (χ0n) is 14.7. The van der Waals surface area contributed by atoms with Crippen molar-refractivity contribution in [3.8, 4) is 17.1 Å². The second-order valence-electron chi connectivity index (χ2n) is 6.50. The quantitative estimate of drug-likeness (QED) is 0.334. The van der Waals surface area contributed by atoms with E-state index < -0.39 is 0 Å². The van der Waals surface area contributed by atoms with Gasteiger partial charge in [0.2, 0.25) is 0 Å². The summed E-state index contributed by atoms with van der Waals surface area (Å²) < 4.78 is 6.27. The van der Waals surface area contributed by atoms with Crippen molar-refractivity contribution in [2.45, 2.75) is 9.79 Å². The Morgan fingerprint density at radius 3 is 2.18 bits per heavy atom. The molecule has 4 aromatic carbocycles. The van der Waals surface area contributed by atoms with Crippen LogP contribution in [-0.2, 0) is 0 Å². The molecule has 0 unspecified atom stereocenters. The van der Waals surface area contributed by atoms with Crippen LogP contribution in [0.3, 0.4) is 0 Å². The smallest absolute Gasteiger partial charge is 0.144 e. The molecule has 0 aliphatic heterocycles. The Kier molecular flexibility index (Phi) is 4.27. The maximum absolute atomic E-state index is 11.0. The number of halogens is 1. The van der Waals surface area contributed by atoms with Crippen LogP contribution >= 0.6 is 23.4 Å². The molecular formula is C24H15ClO2S. The Hall–Kier alpha value is -2.88. The molecule has 0 saturated heterocycles. The maximum atomic E-state index is 11.0. The van der Waals surface area contributed by atoms with Gasteiger partial charge < -0.3 is 9.52 Å². The lowest BCUT2D eigenvalue weighted by molar-refractivity contribution is 0.470. The molecule has 0 bridgehead atoms. The molecule has 0 aliphatic carbocycles. The van der Waals surface area contributed by atoms with Gasteiger partial charge in [-0.1, -0.05) is 65.8 Å². The van der Waals surface area contributed by atoms with E-state index in [2.05, 4.69) is 0 Å². The molecule has 0 spiro atoms. The predicted molar refractivity (Wildman–Crippen MR) is 116 cm³/mol. The van der Waals surface area contributed by atoms with Crippen molar-refractivity contribution in [3.05, 3.63) is 90.0 Å². The van der Waals surface area contributed by atoms with Gasteiger partial charge in [-0.3, -0.25) is 0 Å². The van der Waals surface area contributed by atoms with E-state index in [0.29, 0.717) is 5.02 Å². The molecule has 5 rings (SSSR count). The van der Waals surface area contributed by atoms with Gasteiger partial charge in [0.05, 0.1) is 4.90 Å². The molecule has 0 saturated carbocycles. The monoisotopic (exact) mass is 402 g/mol. The van der Waals surface area contributed by atoms with E-state index in [9.17, 15) is 5.11 Å². The van der Waals surface area contributed by atoms with Gasteiger partial charge >= 0.3 is 0 Å². The van der Waals surface area contributed by atoms with Crippen LogP contribution in [0.2, 0.25) is 5.02 Å². The highest BCUT2D eigenvalue weighted by Gasteiger charge is 2.19. The minimum atomic E-state index is 0.278. The number of furan rings is 1. The molecular weight excluding hydrogens is 388 g/mol. The molecule has 136 valence electrons. The molecule has 1 N–H and O–H groups in total. The fourth-order valence-electron chi connectivity index (χ4n) is 3.36. The highest BCUT2D eigenvalue weighted by Crippen LogP contribution is 2.47. The summed E-state index contributed by atoms with van der Waals surface area (Å²) in [5, 5.41) is 14.3. The first-order valence-corrected chi connectivity index (χ1v) is 10.1. The highest BCUT2D eigenvalue weighted by molar-refractivity contribution is 7.99. The van der Waals surface area contributed by atoms with E-state index in [0.717, 1.165) is 42.9 Å². The molecule has 28 heavy (non-hydrogen) atoms.